The van der Waals surface area contributed by atoms with Gasteiger partial charge in [0.1, 0.15) is 18.3 Å². The van der Waals surface area contributed by atoms with Crippen molar-refractivity contribution in [3.63, 3.8) is 0 Å². The maximum absolute atomic E-state index is 14.1. The van der Waals surface area contributed by atoms with Gasteiger partial charge < -0.3 is 15.0 Å². The van der Waals surface area contributed by atoms with Crippen LogP contribution in [0.5, 0.6) is 5.75 Å². The van der Waals surface area contributed by atoms with Crippen LogP contribution in [0.15, 0.2) is 77.7 Å². The van der Waals surface area contributed by atoms with Crippen LogP contribution in [0.3, 0.4) is 0 Å². The van der Waals surface area contributed by atoms with Gasteiger partial charge in [-0.05, 0) is 88.2 Å². The van der Waals surface area contributed by atoms with E-state index in [-0.39, 0.29) is 17.3 Å². The molecule has 11 heteroatoms. The zero-order valence-corrected chi connectivity index (χ0v) is 26.8. The number of ether oxygens (including phenoxy) is 1. The van der Waals surface area contributed by atoms with E-state index in [0.717, 1.165) is 4.31 Å². The molecule has 1 atom stereocenters. The number of carbonyl (C=O) groups excluding carboxylic acids is 2. The lowest BCUT2D eigenvalue weighted by Crippen LogP contribution is -2.55. The molecule has 3 rings (SSSR count). The van der Waals surface area contributed by atoms with E-state index in [4.69, 9.17) is 27.9 Å². The second-order valence-electron chi connectivity index (χ2n) is 10.7. The fraction of sp³-hybridized carbons (Fsp3) is 0.355. The maximum Gasteiger partial charge on any atom is 0.264 e. The summed E-state index contributed by atoms with van der Waals surface area (Å²) in [5.74, 6) is -0.378. The Hall–Kier alpha value is -3.27. The van der Waals surface area contributed by atoms with Crippen molar-refractivity contribution in [2.45, 2.75) is 64.1 Å². The van der Waals surface area contributed by atoms with Crippen LogP contribution < -0.4 is 14.4 Å². The van der Waals surface area contributed by atoms with Gasteiger partial charge in [-0.25, -0.2) is 8.42 Å². The number of anilines is 1. The SMILES string of the molecule is CCOc1ccc(S(=O)(=O)N(CC(=O)N(Cc2ccc(Cl)c(Cl)c2)[C@@H](CC)C(=O)NC(C)(C)C)c2ccccc2)cc1. The van der Waals surface area contributed by atoms with Gasteiger partial charge >= 0.3 is 0 Å². The van der Waals surface area contributed by atoms with Gasteiger partial charge in [-0.1, -0.05) is 54.4 Å². The molecule has 0 saturated carbocycles. The molecule has 0 fully saturated rings. The normalized spacial score (nSPS) is 12.4. The lowest BCUT2D eigenvalue weighted by atomic mass is 10.1. The first-order valence-corrected chi connectivity index (χ1v) is 15.8. The summed E-state index contributed by atoms with van der Waals surface area (Å²) in [6, 6.07) is 18.5. The van der Waals surface area contributed by atoms with Crippen molar-refractivity contribution in [3.8, 4) is 5.75 Å². The predicted molar refractivity (Wildman–Crippen MR) is 168 cm³/mol. The number of halogens is 2. The number of nitrogens with one attached hydrogen (secondary N) is 1. The molecule has 0 heterocycles. The largest absolute Gasteiger partial charge is 0.494 e. The minimum absolute atomic E-state index is 0.00356. The molecular formula is C31H37Cl2N3O5S. The number of amides is 2. The average Bonchev–Trinajstić information content (AvgIpc) is 2.93. The quantitative estimate of drug-likeness (QED) is 0.252. The van der Waals surface area contributed by atoms with E-state index >= 15 is 0 Å². The molecule has 0 aliphatic carbocycles. The first kappa shape index (κ1) is 33.2. The van der Waals surface area contributed by atoms with Gasteiger partial charge in [0.2, 0.25) is 11.8 Å². The van der Waals surface area contributed by atoms with Crippen LogP contribution in [0, 0.1) is 0 Å². The predicted octanol–water partition coefficient (Wildman–Crippen LogP) is 6.31. The molecular weight excluding hydrogens is 597 g/mol. The highest BCUT2D eigenvalue weighted by atomic mass is 35.5. The topological polar surface area (TPSA) is 96.0 Å². The number of para-hydroxylation sites is 1. The number of nitrogens with zero attached hydrogens (tertiary/aromatic N) is 2. The van der Waals surface area contributed by atoms with Crippen LogP contribution in [0.25, 0.3) is 0 Å². The van der Waals surface area contributed by atoms with E-state index in [9.17, 15) is 18.0 Å². The third kappa shape index (κ3) is 8.63. The molecule has 3 aromatic rings. The number of carbonyl (C=O) groups is 2. The molecule has 0 aliphatic heterocycles. The lowest BCUT2D eigenvalue weighted by molar-refractivity contribution is -0.141. The zero-order chi connectivity index (χ0) is 31.1. The Morgan fingerprint density at radius 2 is 1.57 bits per heavy atom. The van der Waals surface area contributed by atoms with E-state index in [1.807, 2.05) is 27.7 Å². The van der Waals surface area contributed by atoms with E-state index in [1.165, 1.54) is 17.0 Å². The second-order valence-corrected chi connectivity index (χ2v) is 13.4. The molecule has 0 bridgehead atoms. The summed E-state index contributed by atoms with van der Waals surface area (Å²) in [6.45, 7) is 9.09. The van der Waals surface area contributed by atoms with Crippen LogP contribution in [0.4, 0.5) is 5.69 Å². The van der Waals surface area contributed by atoms with Crippen LogP contribution in [-0.2, 0) is 26.2 Å². The monoisotopic (exact) mass is 633 g/mol. The fourth-order valence-corrected chi connectivity index (χ4v) is 6.07. The zero-order valence-electron chi connectivity index (χ0n) is 24.4. The molecule has 0 saturated heterocycles. The molecule has 0 unspecified atom stereocenters. The van der Waals surface area contributed by atoms with Gasteiger partial charge in [0.25, 0.3) is 10.0 Å². The third-order valence-corrected chi connectivity index (χ3v) is 8.79. The number of hydrogen-bond acceptors (Lipinski definition) is 5. The number of benzene rings is 3. The minimum Gasteiger partial charge on any atom is -0.494 e. The van der Waals surface area contributed by atoms with Crippen molar-refractivity contribution in [2.75, 3.05) is 17.5 Å². The summed E-state index contributed by atoms with van der Waals surface area (Å²) >= 11 is 12.4. The Balaban J connectivity index is 2.05. The van der Waals surface area contributed by atoms with Crippen LogP contribution in [0.1, 0.15) is 46.6 Å². The molecule has 8 nitrogen and oxygen atoms in total. The van der Waals surface area contributed by atoms with Crippen molar-refractivity contribution in [3.05, 3.63) is 88.4 Å². The summed E-state index contributed by atoms with van der Waals surface area (Å²) in [5, 5.41) is 3.60. The van der Waals surface area contributed by atoms with Gasteiger partial charge in [0, 0.05) is 12.1 Å². The molecule has 0 aliphatic rings. The Kier molecular flexibility index (Phi) is 11.3. The highest BCUT2D eigenvalue weighted by molar-refractivity contribution is 7.92. The Morgan fingerprint density at radius 3 is 2.12 bits per heavy atom. The highest BCUT2D eigenvalue weighted by Crippen LogP contribution is 2.27. The van der Waals surface area contributed by atoms with Gasteiger partial charge in [-0.2, -0.15) is 0 Å². The average molecular weight is 635 g/mol. The summed E-state index contributed by atoms with van der Waals surface area (Å²) < 4.78 is 34.4. The van der Waals surface area contributed by atoms with E-state index < -0.39 is 34.1 Å². The van der Waals surface area contributed by atoms with Crippen molar-refractivity contribution >= 4 is 50.7 Å². The van der Waals surface area contributed by atoms with Gasteiger partial charge in [0.15, 0.2) is 0 Å². The summed E-state index contributed by atoms with van der Waals surface area (Å²) in [6.07, 6.45) is 0.298. The van der Waals surface area contributed by atoms with Gasteiger partial charge in [-0.15, -0.1) is 0 Å². The summed E-state index contributed by atoms with van der Waals surface area (Å²) in [4.78, 5) is 28.9. The van der Waals surface area contributed by atoms with Crippen molar-refractivity contribution in [2.24, 2.45) is 0 Å². The molecule has 2 amide bonds. The standard InChI is InChI=1S/C31H37Cl2N3O5S/c1-6-28(30(38)34-31(3,4)5)35(20-22-13-18-26(32)27(33)19-22)29(37)21-36(23-11-9-8-10-12-23)42(39,40)25-16-14-24(15-17-25)41-7-2/h8-19,28H,6-7,20-21H2,1-5H3,(H,34,38)/t28-/m0/s1. The maximum atomic E-state index is 14.1. The van der Waals surface area contributed by atoms with Crippen LogP contribution >= 0.6 is 23.2 Å². The summed E-state index contributed by atoms with van der Waals surface area (Å²) in [5.41, 5.74) is 0.400. The van der Waals surface area contributed by atoms with E-state index in [1.54, 1.807) is 67.6 Å². The summed E-state index contributed by atoms with van der Waals surface area (Å²) in [7, 11) is -4.19. The number of rotatable bonds is 12. The molecule has 0 aromatic heterocycles. The molecule has 0 radical (unpaired) electrons. The number of hydrogen-bond donors (Lipinski definition) is 1. The highest BCUT2D eigenvalue weighted by Gasteiger charge is 2.34. The second kappa shape index (κ2) is 14.3. The Labute approximate surface area is 258 Å². The van der Waals surface area contributed by atoms with Gasteiger partial charge in [0.05, 0.1) is 27.2 Å². The minimum atomic E-state index is -4.19. The van der Waals surface area contributed by atoms with Crippen molar-refractivity contribution < 1.29 is 22.7 Å². The Morgan fingerprint density at radius 1 is 0.929 bits per heavy atom. The Bertz CT molecular complexity index is 1480. The van der Waals surface area contributed by atoms with Gasteiger partial charge in [-0.3, -0.25) is 13.9 Å². The molecule has 1 N–H and O–H groups in total. The van der Waals surface area contributed by atoms with Crippen LogP contribution in [-0.4, -0.2) is 49.9 Å². The number of sulfonamides is 1. The van der Waals surface area contributed by atoms with Crippen molar-refractivity contribution in [1.29, 1.82) is 0 Å². The molecule has 3 aromatic carbocycles. The molecule has 226 valence electrons. The van der Waals surface area contributed by atoms with Crippen molar-refractivity contribution in [1.82, 2.24) is 10.2 Å². The first-order valence-electron chi connectivity index (χ1n) is 13.6. The molecule has 0 spiro atoms. The first-order chi connectivity index (χ1) is 19.8. The van der Waals surface area contributed by atoms with E-state index in [0.29, 0.717) is 40.1 Å². The van der Waals surface area contributed by atoms with Crippen LogP contribution in [0.2, 0.25) is 10.0 Å². The fourth-order valence-electron chi connectivity index (χ4n) is 4.33. The smallest absolute Gasteiger partial charge is 0.264 e. The molecule has 42 heavy (non-hydrogen) atoms. The third-order valence-electron chi connectivity index (χ3n) is 6.27. The lowest BCUT2D eigenvalue weighted by Gasteiger charge is -2.34. The van der Waals surface area contributed by atoms with E-state index in [2.05, 4.69) is 5.32 Å².